The monoisotopic (exact) mass is 253 g/mol. The van der Waals surface area contributed by atoms with Crippen LogP contribution in [0, 0.1) is 6.92 Å². The molecule has 0 saturated heterocycles. The van der Waals surface area contributed by atoms with E-state index < -0.39 is 11.5 Å². The lowest BCUT2D eigenvalue weighted by molar-refractivity contribution is -0.144. The predicted molar refractivity (Wildman–Crippen MR) is 71.6 cm³/mol. The highest BCUT2D eigenvalue weighted by Gasteiger charge is 2.30. The molecule has 1 aromatic rings. The Labute approximate surface area is 107 Å². The molecule has 0 aliphatic heterocycles. The molecular formula is C13H19NO2S. The predicted octanol–water partition coefficient (Wildman–Crippen LogP) is 2.54. The molecule has 0 radical (unpaired) electrons. The summed E-state index contributed by atoms with van der Waals surface area (Å²) in [5.41, 5.74) is 0.400. The van der Waals surface area contributed by atoms with Crippen molar-refractivity contribution in [2.75, 3.05) is 12.8 Å². The number of thioether (sulfide) groups is 1. The van der Waals surface area contributed by atoms with Gasteiger partial charge in [0.2, 0.25) is 0 Å². The van der Waals surface area contributed by atoms with Crippen LogP contribution in [-0.4, -0.2) is 29.4 Å². The quantitative estimate of drug-likeness (QED) is 0.765. The van der Waals surface area contributed by atoms with E-state index in [1.54, 1.807) is 25.7 Å². The molecule has 0 aliphatic carbocycles. The zero-order valence-corrected chi connectivity index (χ0v) is 11.3. The maximum Gasteiger partial charge on any atom is 0.323 e. The fourth-order valence-electron chi connectivity index (χ4n) is 1.35. The molecule has 0 aliphatic rings. The molecule has 0 saturated carbocycles. The molecule has 3 nitrogen and oxygen atoms in total. The molecule has 0 heterocycles. The molecule has 17 heavy (non-hydrogen) atoms. The van der Waals surface area contributed by atoms with Gasteiger partial charge in [0.25, 0.3) is 0 Å². The Bertz CT molecular complexity index is 378. The second-order valence-corrected chi connectivity index (χ2v) is 5.47. The van der Waals surface area contributed by atoms with Gasteiger partial charge < -0.3 is 10.4 Å². The fourth-order valence-corrected chi connectivity index (χ4v) is 2.42. The number of rotatable bonds is 6. The van der Waals surface area contributed by atoms with Crippen LogP contribution >= 0.6 is 11.8 Å². The average molecular weight is 253 g/mol. The first-order valence-electron chi connectivity index (χ1n) is 5.60. The molecule has 1 rings (SSSR count). The van der Waals surface area contributed by atoms with Crippen LogP contribution in [0.4, 0.5) is 0 Å². The van der Waals surface area contributed by atoms with Gasteiger partial charge in [-0.15, -0.1) is 11.8 Å². The minimum Gasteiger partial charge on any atom is -0.480 e. The van der Waals surface area contributed by atoms with Crippen molar-refractivity contribution in [2.45, 2.75) is 30.7 Å². The highest BCUT2D eigenvalue weighted by atomic mass is 32.2. The summed E-state index contributed by atoms with van der Waals surface area (Å²) in [6, 6.07) is 8.27. The van der Waals surface area contributed by atoms with Gasteiger partial charge in [0, 0.05) is 10.6 Å². The third-order valence-electron chi connectivity index (χ3n) is 2.92. The lowest BCUT2D eigenvalue weighted by atomic mass is 10.00. The van der Waals surface area contributed by atoms with Crippen molar-refractivity contribution in [1.29, 1.82) is 0 Å². The van der Waals surface area contributed by atoms with Gasteiger partial charge in [0.15, 0.2) is 0 Å². The Morgan fingerprint density at radius 2 is 2.00 bits per heavy atom. The summed E-state index contributed by atoms with van der Waals surface area (Å²) in [4.78, 5) is 12.2. The molecule has 0 spiro atoms. The van der Waals surface area contributed by atoms with Crippen LogP contribution in [0.3, 0.4) is 0 Å². The molecular weight excluding hydrogens is 234 g/mol. The number of likely N-dealkylation sites (N-methyl/N-ethyl adjacent to an activating group) is 1. The van der Waals surface area contributed by atoms with Gasteiger partial charge in [-0.2, -0.15) is 0 Å². The first kappa shape index (κ1) is 14.1. The molecule has 0 aromatic heterocycles. The summed E-state index contributed by atoms with van der Waals surface area (Å²) in [7, 11) is 1.69. The van der Waals surface area contributed by atoms with E-state index in [0.717, 1.165) is 5.75 Å². The van der Waals surface area contributed by atoms with Crippen molar-refractivity contribution in [3.05, 3.63) is 29.8 Å². The Kier molecular flexibility index (Phi) is 5.02. The molecule has 1 aromatic carbocycles. The minimum atomic E-state index is -0.836. The maximum absolute atomic E-state index is 11.1. The zero-order valence-electron chi connectivity index (χ0n) is 10.5. The Morgan fingerprint density at radius 3 is 2.47 bits per heavy atom. The van der Waals surface area contributed by atoms with Gasteiger partial charge in [0.05, 0.1) is 0 Å². The van der Waals surface area contributed by atoms with Gasteiger partial charge in [-0.3, -0.25) is 4.79 Å². The summed E-state index contributed by atoms with van der Waals surface area (Å²) < 4.78 is 0. The number of nitrogens with one attached hydrogen (secondary N) is 1. The smallest absolute Gasteiger partial charge is 0.323 e. The zero-order chi connectivity index (χ0) is 12.9. The van der Waals surface area contributed by atoms with Gasteiger partial charge in [-0.1, -0.05) is 17.7 Å². The highest BCUT2D eigenvalue weighted by molar-refractivity contribution is 7.99. The molecule has 4 heteroatoms. The second kappa shape index (κ2) is 6.07. The van der Waals surface area contributed by atoms with E-state index in [1.165, 1.54) is 10.5 Å². The van der Waals surface area contributed by atoms with Crippen LogP contribution in [0.25, 0.3) is 0 Å². The summed E-state index contributed by atoms with van der Waals surface area (Å²) in [5.74, 6) is -0.0170. The SMILES string of the molecule is CNC(C)(CCSc1ccc(C)cc1)C(=O)O. The van der Waals surface area contributed by atoms with Gasteiger partial charge in [0.1, 0.15) is 5.54 Å². The van der Waals surface area contributed by atoms with Crippen LogP contribution in [0.1, 0.15) is 18.9 Å². The second-order valence-electron chi connectivity index (χ2n) is 4.30. The number of aliphatic carboxylic acids is 1. The van der Waals surface area contributed by atoms with Crippen molar-refractivity contribution in [3.63, 3.8) is 0 Å². The van der Waals surface area contributed by atoms with Crippen molar-refractivity contribution < 1.29 is 9.90 Å². The third-order valence-corrected chi connectivity index (χ3v) is 3.93. The number of hydrogen-bond acceptors (Lipinski definition) is 3. The largest absolute Gasteiger partial charge is 0.480 e. The number of carboxylic acid groups (broad SMARTS) is 1. The number of hydrogen-bond donors (Lipinski definition) is 2. The highest BCUT2D eigenvalue weighted by Crippen LogP contribution is 2.22. The van der Waals surface area contributed by atoms with E-state index >= 15 is 0 Å². The first-order valence-corrected chi connectivity index (χ1v) is 6.58. The van der Waals surface area contributed by atoms with Gasteiger partial charge in [-0.05, 0) is 39.4 Å². The van der Waals surface area contributed by atoms with Crippen molar-refractivity contribution in [1.82, 2.24) is 5.32 Å². The van der Waals surface area contributed by atoms with E-state index in [-0.39, 0.29) is 0 Å². The van der Waals surface area contributed by atoms with Crippen LogP contribution < -0.4 is 5.32 Å². The number of carbonyl (C=O) groups is 1. The lowest BCUT2D eigenvalue weighted by Gasteiger charge is -2.23. The summed E-state index contributed by atoms with van der Waals surface area (Å²) in [5, 5.41) is 12.0. The molecule has 1 atom stereocenters. The maximum atomic E-state index is 11.1. The van der Waals surface area contributed by atoms with Crippen LogP contribution in [0.2, 0.25) is 0 Å². The van der Waals surface area contributed by atoms with Crippen LogP contribution in [-0.2, 0) is 4.79 Å². The van der Waals surface area contributed by atoms with E-state index in [0.29, 0.717) is 6.42 Å². The average Bonchev–Trinajstić information content (AvgIpc) is 2.31. The van der Waals surface area contributed by atoms with Crippen molar-refractivity contribution >= 4 is 17.7 Å². The number of benzene rings is 1. The van der Waals surface area contributed by atoms with Gasteiger partial charge in [-0.25, -0.2) is 0 Å². The molecule has 94 valence electrons. The van der Waals surface area contributed by atoms with E-state index in [1.807, 2.05) is 0 Å². The standard InChI is InChI=1S/C13H19NO2S/c1-10-4-6-11(7-5-10)17-9-8-13(2,14-3)12(15)16/h4-7,14H,8-9H2,1-3H3,(H,15,16). The summed E-state index contributed by atoms with van der Waals surface area (Å²) in [6.45, 7) is 3.77. The molecule has 2 N–H and O–H groups in total. The molecule has 0 amide bonds. The Balaban J connectivity index is 2.47. The summed E-state index contributed by atoms with van der Waals surface area (Å²) in [6.07, 6.45) is 0.595. The third kappa shape index (κ3) is 4.06. The lowest BCUT2D eigenvalue weighted by Crippen LogP contribution is -2.47. The fraction of sp³-hybridized carbons (Fsp3) is 0.462. The number of carboxylic acids is 1. The van der Waals surface area contributed by atoms with E-state index in [2.05, 4.69) is 36.5 Å². The van der Waals surface area contributed by atoms with Crippen LogP contribution in [0.5, 0.6) is 0 Å². The minimum absolute atomic E-state index is 0.595. The van der Waals surface area contributed by atoms with Crippen LogP contribution in [0.15, 0.2) is 29.2 Å². The molecule has 0 bridgehead atoms. The Morgan fingerprint density at radius 1 is 1.41 bits per heavy atom. The topological polar surface area (TPSA) is 49.3 Å². The first-order chi connectivity index (χ1) is 7.98. The van der Waals surface area contributed by atoms with E-state index in [4.69, 9.17) is 5.11 Å². The molecule has 1 unspecified atom stereocenters. The van der Waals surface area contributed by atoms with E-state index in [9.17, 15) is 4.79 Å². The number of aryl methyl sites for hydroxylation is 1. The Hall–Kier alpha value is -1.00. The normalized spacial score (nSPS) is 14.3. The molecule has 0 fully saturated rings. The van der Waals surface area contributed by atoms with Crippen molar-refractivity contribution in [2.24, 2.45) is 0 Å². The van der Waals surface area contributed by atoms with Crippen molar-refractivity contribution in [3.8, 4) is 0 Å². The van der Waals surface area contributed by atoms with Gasteiger partial charge >= 0.3 is 5.97 Å². The summed E-state index contributed by atoms with van der Waals surface area (Å²) >= 11 is 1.69.